The summed E-state index contributed by atoms with van der Waals surface area (Å²) in [5.74, 6) is -0.339. The van der Waals surface area contributed by atoms with Crippen molar-refractivity contribution in [3.05, 3.63) is 48.0 Å². The molecule has 2 aromatic rings. The molecule has 1 N–H and O–H groups in total. The van der Waals surface area contributed by atoms with Gasteiger partial charge in [-0.15, -0.1) is 8.78 Å². The van der Waals surface area contributed by atoms with Crippen molar-refractivity contribution in [1.29, 1.82) is 0 Å². The van der Waals surface area contributed by atoms with Gasteiger partial charge >= 0.3 is 6.29 Å². The third-order valence-electron chi connectivity index (χ3n) is 3.07. The Labute approximate surface area is 134 Å². The summed E-state index contributed by atoms with van der Waals surface area (Å²) in [5, 5.41) is 2.49. The minimum Gasteiger partial charge on any atom is -0.484 e. The Morgan fingerprint density at radius 1 is 1.12 bits per heavy atom. The highest BCUT2D eigenvalue weighted by molar-refractivity contribution is 5.92. The predicted molar refractivity (Wildman–Crippen MR) is 78.6 cm³/mol. The second-order valence-electron chi connectivity index (χ2n) is 4.85. The van der Waals surface area contributed by atoms with Crippen LogP contribution in [0.5, 0.6) is 17.2 Å². The fourth-order valence-electron chi connectivity index (χ4n) is 2.02. The topological polar surface area (TPSA) is 73.9 Å². The molecule has 0 unspecified atom stereocenters. The number of benzene rings is 2. The maximum atomic E-state index is 12.9. The normalized spacial score (nSPS) is 14.1. The first-order valence-electron chi connectivity index (χ1n) is 6.83. The third kappa shape index (κ3) is 3.60. The van der Waals surface area contributed by atoms with E-state index in [4.69, 9.17) is 4.74 Å². The van der Waals surface area contributed by atoms with Crippen molar-refractivity contribution in [3.63, 3.8) is 0 Å². The molecule has 0 saturated heterocycles. The van der Waals surface area contributed by atoms with Gasteiger partial charge < -0.3 is 19.5 Å². The van der Waals surface area contributed by atoms with Crippen LogP contribution in [0.15, 0.2) is 42.5 Å². The highest BCUT2D eigenvalue weighted by Gasteiger charge is 2.43. The first-order chi connectivity index (χ1) is 11.4. The van der Waals surface area contributed by atoms with Crippen molar-refractivity contribution in [3.8, 4) is 17.2 Å². The molecule has 0 spiro atoms. The van der Waals surface area contributed by atoms with E-state index in [9.17, 15) is 18.4 Å². The van der Waals surface area contributed by atoms with Crippen LogP contribution in [0.25, 0.3) is 0 Å². The Bertz CT molecular complexity index is 777. The van der Waals surface area contributed by atoms with Crippen molar-refractivity contribution in [2.45, 2.75) is 6.29 Å². The summed E-state index contributed by atoms with van der Waals surface area (Å²) in [4.78, 5) is 22.4. The second-order valence-corrected chi connectivity index (χ2v) is 4.85. The molecule has 1 heterocycles. The van der Waals surface area contributed by atoms with Crippen molar-refractivity contribution in [2.24, 2.45) is 0 Å². The zero-order chi connectivity index (χ0) is 17.2. The van der Waals surface area contributed by atoms with Crippen LogP contribution in [0.2, 0.25) is 0 Å². The van der Waals surface area contributed by atoms with E-state index >= 15 is 0 Å². The Hall–Kier alpha value is -3.16. The summed E-state index contributed by atoms with van der Waals surface area (Å²) in [5.41, 5.74) is 0.754. The molecule has 1 amide bonds. The summed E-state index contributed by atoms with van der Waals surface area (Å²) in [6.45, 7) is -0.287. The lowest BCUT2D eigenvalue weighted by Gasteiger charge is -2.08. The number of carbonyl (C=O) groups excluding carboxylic acids is 2. The summed E-state index contributed by atoms with van der Waals surface area (Å²) in [6.07, 6.45) is -3.01. The molecule has 0 radical (unpaired) electrons. The van der Waals surface area contributed by atoms with E-state index in [0.29, 0.717) is 17.6 Å². The number of carbonyl (C=O) groups is 2. The summed E-state index contributed by atoms with van der Waals surface area (Å²) in [7, 11) is 0. The lowest BCUT2D eigenvalue weighted by molar-refractivity contribution is -0.286. The van der Waals surface area contributed by atoms with Crippen LogP contribution in [-0.4, -0.2) is 25.1 Å². The van der Waals surface area contributed by atoms with Crippen LogP contribution in [0.4, 0.5) is 14.5 Å². The fourth-order valence-corrected chi connectivity index (χ4v) is 2.02. The maximum Gasteiger partial charge on any atom is 0.586 e. The van der Waals surface area contributed by atoms with E-state index in [0.717, 1.165) is 0 Å². The SMILES string of the molecule is O=Cc1ccc(OCC(=O)Nc2ccc3c(c2)OC(F)(F)O3)cc1. The zero-order valence-corrected chi connectivity index (χ0v) is 12.1. The number of alkyl halides is 2. The molecule has 0 aliphatic carbocycles. The number of fused-ring (bicyclic) bond motifs is 1. The smallest absolute Gasteiger partial charge is 0.484 e. The van der Waals surface area contributed by atoms with Gasteiger partial charge in [0.2, 0.25) is 0 Å². The van der Waals surface area contributed by atoms with Gasteiger partial charge in [0.15, 0.2) is 18.1 Å². The maximum absolute atomic E-state index is 12.9. The monoisotopic (exact) mass is 335 g/mol. The van der Waals surface area contributed by atoms with Gasteiger partial charge in [-0.1, -0.05) is 0 Å². The fraction of sp³-hybridized carbons (Fsp3) is 0.125. The highest BCUT2D eigenvalue weighted by atomic mass is 19.3. The molecule has 0 aromatic heterocycles. The molecule has 24 heavy (non-hydrogen) atoms. The van der Waals surface area contributed by atoms with Gasteiger partial charge in [-0.05, 0) is 36.4 Å². The average molecular weight is 335 g/mol. The van der Waals surface area contributed by atoms with Crippen LogP contribution in [0.3, 0.4) is 0 Å². The summed E-state index contributed by atoms with van der Waals surface area (Å²) < 4.78 is 39.7. The summed E-state index contributed by atoms with van der Waals surface area (Å²) >= 11 is 0. The number of aldehydes is 1. The number of halogens is 2. The molecule has 2 aromatic carbocycles. The Kier molecular flexibility index (Phi) is 4.03. The minimum absolute atomic E-state index is 0.107. The molecular weight excluding hydrogens is 324 g/mol. The third-order valence-corrected chi connectivity index (χ3v) is 3.07. The van der Waals surface area contributed by atoms with E-state index in [1.807, 2.05) is 0 Å². The Morgan fingerprint density at radius 3 is 2.54 bits per heavy atom. The highest BCUT2D eigenvalue weighted by Crippen LogP contribution is 2.42. The quantitative estimate of drug-likeness (QED) is 0.851. The lowest BCUT2D eigenvalue weighted by atomic mass is 10.2. The van der Waals surface area contributed by atoms with Crippen LogP contribution in [-0.2, 0) is 4.79 Å². The average Bonchev–Trinajstić information content (AvgIpc) is 2.86. The number of hydrogen-bond acceptors (Lipinski definition) is 5. The van der Waals surface area contributed by atoms with E-state index in [1.165, 1.54) is 18.2 Å². The lowest BCUT2D eigenvalue weighted by Crippen LogP contribution is -2.25. The van der Waals surface area contributed by atoms with Gasteiger partial charge in [0.05, 0.1) is 0 Å². The predicted octanol–water partition coefficient (Wildman–Crippen LogP) is 2.84. The number of hydrogen-bond donors (Lipinski definition) is 1. The van der Waals surface area contributed by atoms with Crippen molar-refractivity contribution < 1.29 is 32.6 Å². The standard InChI is InChI=1S/C16H11F2NO5/c17-16(18)23-13-6-3-11(7-14(13)24-16)19-15(21)9-22-12-4-1-10(8-20)2-5-12/h1-8H,9H2,(H,19,21). The first kappa shape index (κ1) is 15.7. The van der Waals surface area contributed by atoms with Crippen LogP contribution in [0.1, 0.15) is 10.4 Å². The molecule has 1 aliphatic rings. The minimum atomic E-state index is -3.71. The zero-order valence-electron chi connectivity index (χ0n) is 12.1. The Balaban J connectivity index is 1.56. The number of rotatable bonds is 5. The van der Waals surface area contributed by atoms with Crippen molar-refractivity contribution in [1.82, 2.24) is 0 Å². The van der Waals surface area contributed by atoms with Crippen LogP contribution >= 0.6 is 0 Å². The number of amides is 1. The molecule has 0 atom stereocenters. The van der Waals surface area contributed by atoms with Crippen LogP contribution in [0, 0.1) is 0 Å². The van der Waals surface area contributed by atoms with Gasteiger partial charge in [-0.25, -0.2) is 0 Å². The van der Waals surface area contributed by atoms with E-state index in [1.54, 1.807) is 24.3 Å². The Morgan fingerprint density at radius 2 is 1.83 bits per heavy atom. The second kappa shape index (κ2) is 6.15. The number of anilines is 1. The van der Waals surface area contributed by atoms with Gasteiger partial charge in [0.25, 0.3) is 5.91 Å². The van der Waals surface area contributed by atoms with Gasteiger partial charge in [-0.3, -0.25) is 9.59 Å². The first-order valence-corrected chi connectivity index (χ1v) is 6.83. The van der Waals surface area contributed by atoms with Gasteiger partial charge in [0, 0.05) is 17.3 Å². The molecule has 0 bridgehead atoms. The van der Waals surface area contributed by atoms with Gasteiger partial charge in [-0.2, -0.15) is 0 Å². The molecule has 1 aliphatic heterocycles. The van der Waals surface area contributed by atoms with E-state index in [2.05, 4.69) is 14.8 Å². The molecule has 124 valence electrons. The molecule has 0 fully saturated rings. The van der Waals surface area contributed by atoms with Crippen LogP contribution < -0.4 is 19.5 Å². The molecule has 8 heteroatoms. The number of ether oxygens (including phenoxy) is 3. The van der Waals surface area contributed by atoms with Gasteiger partial charge in [0.1, 0.15) is 12.0 Å². The van der Waals surface area contributed by atoms with E-state index < -0.39 is 12.2 Å². The van der Waals surface area contributed by atoms with E-state index in [-0.39, 0.29) is 23.8 Å². The van der Waals surface area contributed by atoms with Crippen molar-refractivity contribution in [2.75, 3.05) is 11.9 Å². The molecule has 0 saturated carbocycles. The van der Waals surface area contributed by atoms with Crippen molar-refractivity contribution >= 4 is 17.9 Å². The molecule has 3 rings (SSSR count). The summed E-state index contributed by atoms with van der Waals surface area (Å²) in [6, 6.07) is 10.1. The molecular formula is C16H11F2NO5. The largest absolute Gasteiger partial charge is 0.586 e. The molecule has 6 nitrogen and oxygen atoms in total. The number of nitrogens with one attached hydrogen (secondary N) is 1.